The van der Waals surface area contributed by atoms with E-state index >= 15 is 0 Å². The van der Waals surface area contributed by atoms with Crippen LogP contribution in [0.4, 0.5) is 0 Å². The van der Waals surface area contributed by atoms with Crippen molar-refractivity contribution >= 4 is 33.2 Å². The van der Waals surface area contributed by atoms with Crippen LogP contribution in [0, 0.1) is 6.92 Å². The lowest BCUT2D eigenvalue weighted by molar-refractivity contribution is 0.0959. The number of rotatable bonds is 4. The molecule has 0 saturated carbocycles. The quantitative estimate of drug-likeness (QED) is 0.437. The lowest BCUT2D eigenvalue weighted by Gasteiger charge is -2.01. The number of amides is 1. The van der Waals surface area contributed by atoms with Crippen molar-refractivity contribution in [3.63, 3.8) is 0 Å². The summed E-state index contributed by atoms with van der Waals surface area (Å²) in [7, 11) is 0. The summed E-state index contributed by atoms with van der Waals surface area (Å²) in [6.45, 7) is 3.72. The Bertz CT molecular complexity index is 1090. The molecule has 0 bridgehead atoms. The van der Waals surface area contributed by atoms with Crippen LogP contribution in [0.15, 0.2) is 64.3 Å². The highest BCUT2D eigenvalue weighted by atomic mass is 32.1. The first-order valence-electron chi connectivity index (χ1n) is 8.06. The molecule has 0 fully saturated rings. The van der Waals surface area contributed by atoms with E-state index in [1.807, 2.05) is 48.0 Å². The number of carbonyl (C=O) groups is 1. The van der Waals surface area contributed by atoms with Gasteiger partial charge in [-0.25, -0.2) is 10.1 Å². The van der Waals surface area contributed by atoms with Crippen molar-refractivity contribution in [2.45, 2.75) is 13.8 Å². The van der Waals surface area contributed by atoms with E-state index in [1.54, 1.807) is 25.3 Å². The van der Waals surface area contributed by atoms with Crippen molar-refractivity contribution in [1.29, 1.82) is 0 Å². The molecule has 0 aliphatic carbocycles. The molecule has 0 spiro atoms. The van der Waals surface area contributed by atoms with Gasteiger partial charge in [-0.05, 0) is 44.2 Å². The van der Waals surface area contributed by atoms with Gasteiger partial charge in [0.25, 0.3) is 5.91 Å². The zero-order valence-corrected chi connectivity index (χ0v) is 15.1. The highest BCUT2D eigenvalue weighted by Gasteiger charge is 2.17. The molecule has 0 atom stereocenters. The van der Waals surface area contributed by atoms with E-state index in [9.17, 15) is 4.79 Å². The fourth-order valence-electron chi connectivity index (χ4n) is 2.63. The molecular weight excluding hydrogens is 348 g/mol. The predicted octanol–water partition coefficient (Wildman–Crippen LogP) is 4.14. The van der Waals surface area contributed by atoms with Gasteiger partial charge in [-0.2, -0.15) is 10.2 Å². The fourth-order valence-corrected chi connectivity index (χ4v) is 3.71. The number of fused-ring (bicyclic) bond motifs is 1. The third-order valence-electron chi connectivity index (χ3n) is 3.97. The molecule has 4 aromatic rings. The Labute approximate surface area is 153 Å². The van der Waals surface area contributed by atoms with E-state index in [0.29, 0.717) is 16.3 Å². The molecule has 6 nitrogen and oxygen atoms in total. The van der Waals surface area contributed by atoms with Gasteiger partial charge in [-0.3, -0.25) is 4.79 Å². The summed E-state index contributed by atoms with van der Waals surface area (Å²) in [5.41, 5.74) is 5.04. The first-order chi connectivity index (χ1) is 12.6. The highest BCUT2D eigenvalue weighted by molar-refractivity contribution is 7.20. The minimum absolute atomic E-state index is 0.254. The number of benzene rings is 1. The molecule has 0 radical (unpaired) electrons. The maximum absolute atomic E-state index is 12.5. The molecule has 0 saturated heterocycles. The number of thiophene rings is 1. The number of nitrogens with zero attached hydrogens (tertiary/aromatic N) is 3. The Hall–Kier alpha value is -3.19. The molecule has 1 N–H and O–H groups in total. The number of para-hydroxylation sites is 1. The summed E-state index contributed by atoms with van der Waals surface area (Å²) >= 11 is 1.39. The number of nitrogens with one attached hydrogen (secondary N) is 1. The van der Waals surface area contributed by atoms with Crippen LogP contribution in [0.3, 0.4) is 0 Å². The summed E-state index contributed by atoms with van der Waals surface area (Å²) in [6, 6.07) is 15.3. The monoisotopic (exact) mass is 364 g/mol. The third-order valence-corrected chi connectivity index (χ3v) is 5.08. The Morgan fingerprint density at radius 2 is 2.04 bits per heavy atom. The number of furan rings is 1. The number of aryl methyl sites for hydroxylation is 1. The van der Waals surface area contributed by atoms with Gasteiger partial charge in [0.2, 0.25) is 0 Å². The minimum atomic E-state index is -0.254. The fraction of sp³-hybridized carbons (Fsp3) is 0.105. The van der Waals surface area contributed by atoms with Gasteiger partial charge in [-0.15, -0.1) is 11.3 Å². The van der Waals surface area contributed by atoms with Crippen LogP contribution < -0.4 is 5.43 Å². The molecule has 130 valence electrons. The van der Waals surface area contributed by atoms with Crippen molar-refractivity contribution in [1.82, 2.24) is 15.2 Å². The van der Waals surface area contributed by atoms with Gasteiger partial charge in [0.1, 0.15) is 16.3 Å². The van der Waals surface area contributed by atoms with Crippen molar-refractivity contribution in [2.75, 3.05) is 0 Å². The van der Waals surface area contributed by atoms with Crippen LogP contribution >= 0.6 is 11.3 Å². The molecule has 4 rings (SSSR count). The van der Waals surface area contributed by atoms with Crippen LogP contribution in [-0.4, -0.2) is 21.4 Å². The van der Waals surface area contributed by atoms with Crippen molar-refractivity contribution in [3.8, 4) is 5.69 Å². The second-order valence-electron chi connectivity index (χ2n) is 5.78. The van der Waals surface area contributed by atoms with E-state index in [1.165, 1.54) is 11.3 Å². The van der Waals surface area contributed by atoms with E-state index < -0.39 is 0 Å². The SMILES string of the molecule is C/C(=N/NC(=O)c1cc2c(C)nn(-c3ccccc3)c2s1)c1ccco1. The summed E-state index contributed by atoms with van der Waals surface area (Å²) in [5, 5.41) is 9.66. The third kappa shape index (κ3) is 2.93. The molecule has 0 unspecified atom stereocenters. The van der Waals surface area contributed by atoms with Crippen molar-refractivity contribution in [2.24, 2.45) is 5.10 Å². The highest BCUT2D eigenvalue weighted by Crippen LogP contribution is 2.30. The Balaban J connectivity index is 1.63. The zero-order chi connectivity index (χ0) is 18.1. The molecular formula is C19H16N4O2S. The van der Waals surface area contributed by atoms with Gasteiger partial charge < -0.3 is 4.42 Å². The average molecular weight is 364 g/mol. The number of hydrazone groups is 1. The summed E-state index contributed by atoms with van der Waals surface area (Å²) < 4.78 is 7.12. The zero-order valence-electron chi connectivity index (χ0n) is 14.3. The Morgan fingerprint density at radius 3 is 2.77 bits per heavy atom. The normalized spacial score (nSPS) is 11.8. The average Bonchev–Trinajstić information content (AvgIpc) is 3.38. The minimum Gasteiger partial charge on any atom is -0.463 e. The first-order valence-corrected chi connectivity index (χ1v) is 8.88. The molecule has 3 heterocycles. The lowest BCUT2D eigenvalue weighted by Crippen LogP contribution is -2.18. The van der Waals surface area contributed by atoms with Gasteiger partial charge >= 0.3 is 0 Å². The maximum Gasteiger partial charge on any atom is 0.281 e. The summed E-state index contributed by atoms with van der Waals surface area (Å²) in [4.78, 5) is 14.0. The van der Waals surface area contributed by atoms with Gasteiger partial charge in [-0.1, -0.05) is 18.2 Å². The second kappa shape index (κ2) is 6.61. The van der Waals surface area contributed by atoms with Crippen molar-refractivity contribution < 1.29 is 9.21 Å². The van der Waals surface area contributed by atoms with Crippen molar-refractivity contribution in [3.05, 3.63) is 71.1 Å². The Kier molecular flexibility index (Phi) is 4.14. The molecule has 7 heteroatoms. The molecule has 1 aromatic carbocycles. The van der Waals surface area contributed by atoms with Gasteiger partial charge in [0, 0.05) is 5.39 Å². The maximum atomic E-state index is 12.5. The predicted molar refractivity (Wildman–Crippen MR) is 102 cm³/mol. The number of carbonyl (C=O) groups excluding carboxylic acids is 1. The van der Waals surface area contributed by atoms with E-state index in [0.717, 1.165) is 21.6 Å². The number of hydrogen-bond donors (Lipinski definition) is 1. The van der Waals surface area contributed by atoms with Crippen LogP contribution in [0.25, 0.3) is 15.9 Å². The molecule has 3 aromatic heterocycles. The second-order valence-corrected chi connectivity index (χ2v) is 6.81. The number of hydrogen-bond acceptors (Lipinski definition) is 5. The molecule has 0 aliphatic rings. The molecule has 1 amide bonds. The van der Waals surface area contributed by atoms with Gasteiger partial charge in [0.15, 0.2) is 0 Å². The van der Waals surface area contributed by atoms with E-state index in [-0.39, 0.29) is 5.91 Å². The van der Waals surface area contributed by atoms with E-state index in [2.05, 4.69) is 15.6 Å². The number of aromatic nitrogens is 2. The largest absolute Gasteiger partial charge is 0.463 e. The van der Waals surface area contributed by atoms with Crippen LogP contribution in [0.2, 0.25) is 0 Å². The lowest BCUT2D eigenvalue weighted by atomic mass is 10.3. The summed E-state index contributed by atoms with van der Waals surface area (Å²) in [6.07, 6.45) is 1.57. The Morgan fingerprint density at radius 1 is 1.23 bits per heavy atom. The van der Waals surface area contributed by atoms with Crippen LogP contribution in [0.5, 0.6) is 0 Å². The standard InChI is InChI=1S/C19H16N4O2S/c1-12-15-11-17(18(24)21-20-13(2)16-9-6-10-25-16)26-19(15)23(22-12)14-7-4-3-5-8-14/h3-11H,1-2H3,(H,21,24)/b20-13-. The van der Waals surface area contributed by atoms with Crippen LogP contribution in [-0.2, 0) is 0 Å². The molecule has 26 heavy (non-hydrogen) atoms. The van der Waals surface area contributed by atoms with Crippen LogP contribution in [0.1, 0.15) is 28.0 Å². The van der Waals surface area contributed by atoms with Gasteiger partial charge in [0.05, 0.1) is 22.5 Å². The smallest absolute Gasteiger partial charge is 0.281 e. The molecule has 0 aliphatic heterocycles. The summed E-state index contributed by atoms with van der Waals surface area (Å²) in [5.74, 6) is 0.369. The first kappa shape index (κ1) is 16.3. The van der Waals surface area contributed by atoms with E-state index in [4.69, 9.17) is 4.42 Å². The topological polar surface area (TPSA) is 72.4 Å².